The minimum absolute atomic E-state index is 0.217. The summed E-state index contributed by atoms with van der Waals surface area (Å²) in [7, 11) is 0. The number of aromatic nitrogens is 1. The fourth-order valence-electron chi connectivity index (χ4n) is 5.51. The lowest BCUT2D eigenvalue weighted by Crippen LogP contribution is -2.31. The van der Waals surface area contributed by atoms with Crippen LogP contribution in [0.4, 0.5) is 0 Å². The van der Waals surface area contributed by atoms with Gasteiger partial charge in [-0.25, -0.2) is 0 Å². The van der Waals surface area contributed by atoms with E-state index in [4.69, 9.17) is 4.98 Å². The Morgan fingerprint density at radius 3 is 2.67 bits per heavy atom. The van der Waals surface area contributed by atoms with Gasteiger partial charge in [0.2, 0.25) is 0 Å². The van der Waals surface area contributed by atoms with E-state index in [1.165, 1.54) is 29.4 Å². The Morgan fingerprint density at radius 1 is 1.08 bits per heavy atom. The Bertz CT molecular complexity index is 1070. The zero-order chi connectivity index (χ0) is 16.7. The number of pyridine rings is 1. The fourth-order valence-corrected chi connectivity index (χ4v) is 5.51. The highest BCUT2D eigenvalue weighted by Crippen LogP contribution is 2.68. The minimum atomic E-state index is 0.217. The number of fused-ring (bicyclic) bond motifs is 9. The van der Waals surface area contributed by atoms with Gasteiger partial charge in [-0.15, -0.1) is 0 Å². The number of nitrogens with zero attached hydrogens (tertiary/aromatic N) is 2. The average molecular weight is 312 g/mol. The van der Waals surface area contributed by atoms with Crippen molar-refractivity contribution in [2.24, 2.45) is 5.41 Å². The van der Waals surface area contributed by atoms with Gasteiger partial charge >= 0.3 is 0 Å². The van der Waals surface area contributed by atoms with Crippen LogP contribution in [0.25, 0.3) is 21.7 Å². The molecule has 2 nitrogen and oxygen atoms in total. The molecule has 2 bridgehead atoms. The lowest BCUT2D eigenvalue weighted by molar-refractivity contribution is 0.232. The summed E-state index contributed by atoms with van der Waals surface area (Å²) in [5.41, 5.74) is 5.25. The molecule has 24 heavy (non-hydrogen) atoms. The van der Waals surface area contributed by atoms with Crippen LogP contribution >= 0.6 is 0 Å². The molecule has 0 saturated heterocycles. The highest BCUT2D eigenvalue weighted by atomic mass is 14.7. The van der Waals surface area contributed by atoms with Crippen molar-refractivity contribution in [1.82, 2.24) is 4.98 Å². The molecule has 1 aromatic heterocycles. The molecule has 1 saturated carbocycles. The van der Waals surface area contributed by atoms with Crippen LogP contribution in [0.1, 0.15) is 56.2 Å². The van der Waals surface area contributed by atoms with Gasteiger partial charge in [0.1, 0.15) is 0 Å². The first-order valence-corrected chi connectivity index (χ1v) is 8.74. The molecule has 2 heteroatoms. The van der Waals surface area contributed by atoms with E-state index >= 15 is 0 Å². The first-order valence-electron chi connectivity index (χ1n) is 8.74. The van der Waals surface area contributed by atoms with E-state index in [-0.39, 0.29) is 10.8 Å². The zero-order valence-electron chi connectivity index (χ0n) is 14.4. The molecule has 2 aliphatic rings. The maximum atomic E-state index is 9.39. The van der Waals surface area contributed by atoms with Crippen molar-refractivity contribution in [2.45, 2.75) is 44.9 Å². The molecule has 0 spiro atoms. The summed E-state index contributed by atoms with van der Waals surface area (Å²) in [5, 5.41) is 12.8. The Hall–Kier alpha value is -2.40. The summed E-state index contributed by atoms with van der Waals surface area (Å²) in [6.45, 7) is 7.28. The molecular formula is C22H20N2. The second-order valence-electron chi connectivity index (χ2n) is 8.21. The second-order valence-corrected chi connectivity index (χ2v) is 8.21. The van der Waals surface area contributed by atoms with Crippen LogP contribution in [0, 0.1) is 16.7 Å². The van der Waals surface area contributed by atoms with Crippen LogP contribution in [-0.4, -0.2) is 4.98 Å². The van der Waals surface area contributed by atoms with E-state index in [1.54, 1.807) is 0 Å². The average Bonchev–Trinajstić information content (AvgIpc) is 2.92. The number of rotatable bonds is 0. The van der Waals surface area contributed by atoms with Crippen molar-refractivity contribution in [3.05, 3.63) is 53.2 Å². The van der Waals surface area contributed by atoms with E-state index < -0.39 is 0 Å². The molecule has 0 aliphatic heterocycles. The van der Waals surface area contributed by atoms with Crippen LogP contribution in [0.15, 0.2) is 36.5 Å². The van der Waals surface area contributed by atoms with Gasteiger partial charge in [-0.3, -0.25) is 4.98 Å². The summed E-state index contributed by atoms with van der Waals surface area (Å²) in [6, 6.07) is 12.6. The molecule has 2 aliphatic carbocycles. The first-order chi connectivity index (χ1) is 11.5. The lowest BCUT2D eigenvalue weighted by Gasteiger charge is -2.35. The highest BCUT2D eigenvalue weighted by molar-refractivity contribution is 6.08. The largest absolute Gasteiger partial charge is 0.255 e. The van der Waals surface area contributed by atoms with Crippen LogP contribution < -0.4 is 0 Å². The van der Waals surface area contributed by atoms with E-state index in [2.05, 4.69) is 51.2 Å². The molecule has 118 valence electrons. The quantitative estimate of drug-likeness (QED) is 0.519. The highest BCUT2D eigenvalue weighted by Gasteiger charge is 2.59. The van der Waals surface area contributed by atoms with Gasteiger partial charge in [0.15, 0.2) is 0 Å². The molecule has 2 aromatic carbocycles. The van der Waals surface area contributed by atoms with Crippen LogP contribution in [-0.2, 0) is 5.41 Å². The monoisotopic (exact) mass is 312 g/mol. The van der Waals surface area contributed by atoms with Gasteiger partial charge in [0, 0.05) is 22.4 Å². The topological polar surface area (TPSA) is 36.7 Å². The van der Waals surface area contributed by atoms with Gasteiger partial charge < -0.3 is 0 Å². The van der Waals surface area contributed by atoms with Crippen molar-refractivity contribution in [3.63, 3.8) is 0 Å². The van der Waals surface area contributed by atoms with Crippen LogP contribution in [0.2, 0.25) is 0 Å². The zero-order valence-corrected chi connectivity index (χ0v) is 14.4. The summed E-state index contributed by atoms with van der Waals surface area (Å²) < 4.78 is 0. The molecule has 0 radical (unpaired) electrons. The van der Waals surface area contributed by atoms with Crippen LogP contribution in [0.5, 0.6) is 0 Å². The maximum Gasteiger partial charge on any atom is 0.0998 e. The van der Waals surface area contributed by atoms with E-state index in [0.717, 1.165) is 21.9 Å². The molecule has 0 unspecified atom stereocenters. The van der Waals surface area contributed by atoms with E-state index in [9.17, 15) is 5.26 Å². The third-order valence-corrected chi connectivity index (χ3v) is 7.20. The third kappa shape index (κ3) is 1.36. The Kier molecular flexibility index (Phi) is 2.43. The summed E-state index contributed by atoms with van der Waals surface area (Å²) in [4.78, 5) is 4.86. The number of hydrogen-bond acceptors (Lipinski definition) is 2. The van der Waals surface area contributed by atoms with Gasteiger partial charge in [0.25, 0.3) is 0 Å². The van der Waals surface area contributed by atoms with Crippen molar-refractivity contribution < 1.29 is 0 Å². The van der Waals surface area contributed by atoms with Gasteiger partial charge in [-0.05, 0) is 46.8 Å². The Labute approximate surface area is 142 Å². The Morgan fingerprint density at radius 2 is 1.88 bits per heavy atom. The molecule has 0 amide bonds. The van der Waals surface area contributed by atoms with E-state index in [0.29, 0.717) is 5.92 Å². The van der Waals surface area contributed by atoms with Crippen LogP contribution in [0.3, 0.4) is 0 Å². The van der Waals surface area contributed by atoms with Gasteiger partial charge in [-0.2, -0.15) is 5.26 Å². The summed E-state index contributed by atoms with van der Waals surface area (Å²) in [5.74, 6) is 0.621. The molecule has 3 aromatic rings. The minimum Gasteiger partial charge on any atom is -0.255 e. The standard InChI is InChI=1S/C22H20N2/c1-21(2)18-9-10-22(21,3)19-16-8-7-14-13(11-23)5-4-6-15(14)20(16)24-12-17(18)19/h4-8,12,18H,9-10H2,1-3H3/t18-,22+/m0/s1. The maximum absolute atomic E-state index is 9.39. The van der Waals surface area contributed by atoms with Gasteiger partial charge in [-0.1, -0.05) is 45.0 Å². The van der Waals surface area contributed by atoms with Crippen molar-refractivity contribution in [1.29, 1.82) is 5.26 Å². The molecule has 1 heterocycles. The lowest BCUT2D eigenvalue weighted by atomic mass is 9.68. The number of nitriles is 1. The Balaban J connectivity index is 1.94. The second kappa shape index (κ2) is 4.16. The summed E-state index contributed by atoms with van der Waals surface area (Å²) in [6.07, 6.45) is 4.65. The van der Waals surface area contributed by atoms with Gasteiger partial charge in [0.05, 0.1) is 17.1 Å². The van der Waals surface area contributed by atoms with Crippen molar-refractivity contribution >= 4 is 21.7 Å². The molecule has 2 atom stereocenters. The van der Waals surface area contributed by atoms with Crippen molar-refractivity contribution in [2.75, 3.05) is 0 Å². The molecule has 1 fully saturated rings. The molecule has 5 rings (SSSR count). The predicted molar refractivity (Wildman–Crippen MR) is 97.1 cm³/mol. The molecular weight excluding hydrogens is 292 g/mol. The number of hydrogen-bond donors (Lipinski definition) is 0. The summed E-state index contributed by atoms with van der Waals surface area (Å²) >= 11 is 0. The smallest absolute Gasteiger partial charge is 0.0998 e. The number of benzene rings is 2. The SMILES string of the molecule is CC1(C)[C@H]2CC[C@]1(C)c1c2cnc2c1ccc1c(C#N)cccc12. The predicted octanol–water partition coefficient (Wildman–Crippen LogP) is 5.43. The van der Waals surface area contributed by atoms with Crippen molar-refractivity contribution in [3.8, 4) is 6.07 Å². The third-order valence-electron chi connectivity index (χ3n) is 7.20. The van der Waals surface area contributed by atoms with E-state index in [1.807, 2.05) is 12.1 Å². The fraction of sp³-hybridized carbons (Fsp3) is 0.364. The first kappa shape index (κ1) is 14.0. The molecule has 0 N–H and O–H groups in total. The normalized spacial score (nSPS) is 26.7.